The zero-order valence-corrected chi connectivity index (χ0v) is 17.9. The Morgan fingerprint density at radius 3 is 2.80 bits per heavy atom. The van der Waals surface area contributed by atoms with Crippen LogP contribution in [-0.2, 0) is 24.2 Å². The van der Waals surface area contributed by atoms with Crippen molar-refractivity contribution in [2.75, 3.05) is 26.7 Å². The number of hydrogen-bond acceptors (Lipinski definition) is 5. The van der Waals surface area contributed by atoms with E-state index in [1.54, 1.807) is 7.11 Å². The quantitative estimate of drug-likeness (QED) is 0.662. The maximum Gasteiger partial charge on any atom is 0.272 e. The number of halogens is 1. The van der Waals surface area contributed by atoms with E-state index in [0.29, 0.717) is 31.7 Å². The van der Waals surface area contributed by atoms with Gasteiger partial charge in [0.25, 0.3) is 5.91 Å². The summed E-state index contributed by atoms with van der Waals surface area (Å²) >= 11 is 0. The van der Waals surface area contributed by atoms with Gasteiger partial charge in [0.1, 0.15) is 5.75 Å². The van der Waals surface area contributed by atoms with Crippen LogP contribution in [0.15, 0.2) is 24.3 Å². The molecule has 0 aliphatic carbocycles. The Hall–Kier alpha value is -2.58. The van der Waals surface area contributed by atoms with Crippen molar-refractivity contribution >= 4 is 24.2 Å². The number of likely N-dealkylation sites (tertiary alicyclic amines) is 1. The number of aromatic nitrogens is 2. The lowest BCUT2D eigenvalue weighted by Gasteiger charge is -2.32. The smallest absolute Gasteiger partial charge is 0.272 e. The standard InChI is InChI=1S/C21H27N5O3.ClH/c1-29-18-5-3-2-4-14(18)12-19(27)26-10-7-15(8-11-26)23-21(28)20-16-13-22-9-6-17(16)24-25-20;/h2-5,15,22H,6-13H2,1H3,(H,23,28)(H,24,25);1H. The van der Waals surface area contributed by atoms with Crippen LogP contribution >= 0.6 is 12.4 Å². The fourth-order valence-electron chi connectivity index (χ4n) is 4.06. The van der Waals surface area contributed by atoms with Gasteiger partial charge in [0.05, 0.1) is 13.5 Å². The average molecular weight is 434 g/mol. The third-order valence-electron chi connectivity index (χ3n) is 5.74. The Labute approximate surface area is 182 Å². The van der Waals surface area contributed by atoms with Gasteiger partial charge in [-0.2, -0.15) is 5.10 Å². The second-order valence-corrected chi connectivity index (χ2v) is 7.57. The number of carbonyl (C=O) groups is 2. The highest BCUT2D eigenvalue weighted by atomic mass is 35.5. The molecule has 3 N–H and O–H groups in total. The number of carbonyl (C=O) groups excluding carboxylic acids is 2. The molecule has 8 nitrogen and oxygen atoms in total. The van der Waals surface area contributed by atoms with Crippen LogP contribution < -0.4 is 15.4 Å². The van der Waals surface area contributed by atoms with Crippen LogP contribution in [0, 0.1) is 0 Å². The van der Waals surface area contributed by atoms with Crippen molar-refractivity contribution in [1.82, 2.24) is 25.7 Å². The Morgan fingerprint density at radius 2 is 2.03 bits per heavy atom. The number of hydrogen-bond donors (Lipinski definition) is 3. The van der Waals surface area contributed by atoms with Gasteiger partial charge in [-0.3, -0.25) is 14.7 Å². The van der Waals surface area contributed by atoms with Crippen molar-refractivity contribution in [3.8, 4) is 5.75 Å². The first-order chi connectivity index (χ1) is 14.2. The molecule has 0 spiro atoms. The van der Waals surface area contributed by atoms with Gasteiger partial charge in [0.2, 0.25) is 5.91 Å². The summed E-state index contributed by atoms with van der Waals surface area (Å²) in [6, 6.07) is 7.65. The second-order valence-electron chi connectivity index (χ2n) is 7.57. The molecule has 9 heteroatoms. The van der Waals surface area contributed by atoms with Crippen molar-refractivity contribution in [2.45, 2.75) is 38.3 Å². The van der Waals surface area contributed by atoms with Gasteiger partial charge >= 0.3 is 0 Å². The number of methoxy groups -OCH3 is 1. The molecule has 2 aromatic rings. The van der Waals surface area contributed by atoms with Gasteiger partial charge in [-0.25, -0.2) is 0 Å². The van der Waals surface area contributed by atoms with Crippen LogP contribution in [-0.4, -0.2) is 59.7 Å². The lowest BCUT2D eigenvalue weighted by atomic mass is 10.0. The summed E-state index contributed by atoms with van der Waals surface area (Å²) in [4.78, 5) is 27.2. The molecule has 3 heterocycles. The summed E-state index contributed by atoms with van der Waals surface area (Å²) < 4.78 is 5.34. The minimum absolute atomic E-state index is 0. The number of para-hydroxylation sites is 1. The number of amides is 2. The summed E-state index contributed by atoms with van der Waals surface area (Å²) in [7, 11) is 1.62. The molecule has 1 saturated heterocycles. The van der Waals surface area contributed by atoms with E-state index in [4.69, 9.17) is 4.74 Å². The van der Waals surface area contributed by atoms with Gasteiger partial charge in [-0.05, 0) is 18.9 Å². The largest absolute Gasteiger partial charge is 0.496 e. The summed E-state index contributed by atoms with van der Waals surface area (Å²) in [6.45, 7) is 2.85. The highest BCUT2D eigenvalue weighted by Gasteiger charge is 2.27. The first-order valence-corrected chi connectivity index (χ1v) is 10.1. The molecule has 0 saturated carbocycles. The van der Waals surface area contributed by atoms with Gasteiger partial charge in [-0.1, -0.05) is 18.2 Å². The predicted molar refractivity (Wildman–Crippen MR) is 115 cm³/mol. The van der Waals surface area contributed by atoms with Crippen LogP contribution in [0.2, 0.25) is 0 Å². The molecule has 4 rings (SSSR count). The molecule has 162 valence electrons. The molecule has 1 fully saturated rings. The van der Waals surface area contributed by atoms with Gasteiger partial charge < -0.3 is 20.3 Å². The zero-order valence-electron chi connectivity index (χ0n) is 17.1. The van der Waals surface area contributed by atoms with E-state index in [-0.39, 0.29) is 30.3 Å². The van der Waals surface area contributed by atoms with Gasteiger partial charge in [0.15, 0.2) is 5.69 Å². The van der Waals surface area contributed by atoms with Crippen molar-refractivity contribution < 1.29 is 14.3 Å². The van der Waals surface area contributed by atoms with E-state index in [1.807, 2.05) is 29.2 Å². The van der Waals surface area contributed by atoms with Crippen molar-refractivity contribution in [2.24, 2.45) is 0 Å². The Balaban J connectivity index is 0.00000256. The fraction of sp³-hybridized carbons (Fsp3) is 0.476. The third-order valence-corrected chi connectivity index (χ3v) is 5.74. The molecule has 1 aromatic carbocycles. The molecule has 0 bridgehead atoms. The van der Waals surface area contributed by atoms with E-state index < -0.39 is 0 Å². The van der Waals surface area contributed by atoms with Crippen LogP contribution in [0.25, 0.3) is 0 Å². The molecule has 2 aliphatic heterocycles. The van der Waals surface area contributed by atoms with E-state index >= 15 is 0 Å². The topological polar surface area (TPSA) is 99.3 Å². The van der Waals surface area contributed by atoms with E-state index in [0.717, 1.165) is 48.4 Å². The van der Waals surface area contributed by atoms with Crippen molar-refractivity contribution in [3.63, 3.8) is 0 Å². The number of ether oxygens (including phenoxy) is 1. The molecule has 2 aliphatic rings. The maximum absolute atomic E-state index is 12.7. The third kappa shape index (κ3) is 4.76. The normalized spacial score (nSPS) is 16.4. The lowest BCUT2D eigenvalue weighted by molar-refractivity contribution is -0.131. The fourth-order valence-corrected chi connectivity index (χ4v) is 4.06. The Kier molecular flexibility index (Phi) is 7.33. The minimum Gasteiger partial charge on any atom is -0.496 e. The molecule has 30 heavy (non-hydrogen) atoms. The van der Waals surface area contributed by atoms with Gasteiger partial charge in [-0.15, -0.1) is 12.4 Å². The monoisotopic (exact) mass is 433 g/mol. The number of nitrogens with zero attached hydrogens (tertiary/aromatic N) is 2. The number of H-pyrrole nitrogens is 1. The van der Waals surface area contributed by atoms with E-state index in [2.05, 4.69) is 20.8 Å². The second kappa shape index (κ2) is 9.95. The highest BCUT2D eigenvalue weighted by Crippen LogP contribution is 2.20. The molecule has 0 atom stereocenters. The van der Waals surface area contributed by atoms with Gasteiger partial charge in [0, 0.05) is 55.5 Å². The number of piperidine rings is 1. The Morgan fingerprint density at radius 1 is 1.27 bits per heavy atom. The maximum atomic E-state index is 12.7. The average Bonchev–Trinajstić information content (AvgIpc) is 3.19. The van der Waals surface area contributed by atoms with Crippen LogP contribution in [0.5, 0.6) is 5.75 Å². The van der Waals surface area contributed by atoms with Crippen LogP contribution in [0.3, 0.4) is 0 Å². The van der Waals surface area contributed by atoms with Crippen LogP contribution in [0.4, 0.5) is 0 Å². The lowest BCUT2D eigenvalue weighted by Crippen LogP contribution is -2.47. The summed E-state index contributed by atoms with van der Waals surface area (Å²) in [5, 5.41) is 13.6. The van der Waals surface area contributed by atoms with E-state index in [9.17, 15) is 9.59 Å². The summed E-state index contributed by atoms with van der Waals surface area (Å²) in [5.41, 5.74) is 3.40. The summed E-state index contributed by atoms with van der Waals surface area (Å²) in [6.07, 6.45) is 2.68. The SMILES string of the molecule is COc1ccccc1CC(=O)N1CCC(NC(=O)c2n[nH]c3c2CNCC3)CC1.Cl. The number of benzene rings is 1. The molecule has 0 unspecified atom stereocenters. The number of aromatic amines is 1. The van der Waals surface area contributed by atoms with Crippen molar-refractivity contribution in [1.29, 1.82) is 0 Å². The first-order valence-electron chi connectivity index (χ1n) is 10.1. The van der Waals surface area contributed by atoms with E-state index in [1.165, 1.54) is 0 Å². The molecule has 0 radical (unpaired) electrons. The molecular weight excluding hydrogens is 406 g/mol. The molecule has 1 aromatic heterocycles. The number of nitrogens with one attached hydrogen (secondary N) is 3. The highest BCUT2D eigenvalue weighted by molar-refractivity contribution is 5.94. The minimum atomic E-state index is -0.134. The van der Waals surface area contributed by atoms with Crippen molar-refractivity contribution in [3.05, 3.63) is 46.8 Å². The predicted octanol–water partition coefficient (Wildman–Crippen LogP) is 1.45. The first kappa shape index (κ1) is 22.1. The Bertz CT molecular complexity index is 893. The molecule has 2 amide bonds. The van der Waals surface area contributed by atoms with Crippen LogP contribution in [0.1, 0.15) is 40.2 Å². The summed E-state index contributed by atoms with van der Waals surface area (Å²) in [5.74, 6) is 0.691. The molecular formula is C21H28ClN5O3. The zero-order chi connectivity index (χ0) is 20.2. The number of fused-ring (bicyclic) bond motifs is 1. The number of rotatable bonds is 5.